The molecule has 2 aliphatic rings. The Morgan fingerprint density at radius 2 is 2.17 bits per heavy atom. The molecule has 0 spiro atoms. The highest BCUT2D eigenvalue weighted by molar-refractivity contribution is 6.01. The van der Waals surface area contributed by atoms with Gasteiger partial charge in [-0.25, -0.2) is 0 Å². The molecule has 2 saturated heterocycles. The molecule has 2 fully saturated rings. The zero-order valence-corrected chi connectivity index (χ0v) is 11.4. The minimum absolute atomic E-state index is 0.0108. The van der Waals surface area contributed by atoms with Gasteiger partial charge in [-0.2, -0.15) is 0 Å². The van der Waals surface area contributed by atoms with Gasteiger partial charge in [-0.15, -0.1) is 0 Å². The van der Waals surface area contributed by atoms with Crippen LogP contribution in [0, 0.1) is 11.3 Å². The summed E-state index contributed by atoms with van der Waals surface area (Å²) in [4.78, 5) is 25.6. The molecule has 102 valence electrons. The van der Waals surface area contributed by atoms with Crippen LogP contribution in [0.5, 0.6) is 0 Å². The molecule has 5 nitrogen and oxygen atoms in total. The Kier molecular flexibility index (Phi) is 3.61. The van der Waals surface area contributed by atoms with E-state index in [-0.39, 0.29) is 23.3 Å². The Balaban J connectivity index is 2.00. The lowest BCUT2D eigenvalue weighted by Crippen LogP contribution is -2.52. The molecule has 0 aromatic carbocycles. The summed E-state index contributed by atoms with van der Waals surface area (Å²) in [5.74, 6) is -0.648. The predicted molar refractivity (Wildman–Crippen MR) is 66.9 cm³/mol. The first-order valence-corrected chi connectivity index (χ1v) is 6.57. The Labute approximate surface area is 108 Å². The van der Waals surface area contributed by atoms with Gasteiger partial charge in [-0.05, 0) is 11.8 Å². The smallest absolute Gasteiger partial charge is 0.235 e. The molecule has 0 saturated carbocycles. The molecule has 1 N–H and O–H groups in total. The summed E-state index contributed by atoms with van der Waals surface area (Å²) in [6, 6.07) is 0. The molecule has 0 unspecified atom stereocenters. The Morgan fingerprint density at radius 1 is 1.44 bits per heavy atom. The summed E-state index contributed by atoms with van der Waals surface area (Å²) in [6.07, 6.45) is 0.662. The van der Waals surface area contributed by atoms with Crippen LogP contribution in [-0.4, -0.2) is 49.1 Å². The molecule has 0 radical (unpaired) electrons. The molecule has 2 atom stereocenters. The first-order chi connectivity index (χ1) is 8.39. The number of amides is 2. The van der Waals surface area contributed by atoms with Gasteiger partial charge in [0.15, 0.2) is 0 Å². The zero-order valence-electron chi connectivity index (χ0n) is 11.4. The van der Waals surface area contributed by atoms with Crippen LogP contribution in [0.15, 0.2) is 0 Å². The summed E-state index contributed by atoms with van der Waals surface area (Å²) in [6.45, 7) is 8.67. The standard InChI is InChI=1S/C13H22N2O3/c1-13(2,3)10-8-15(6-7-18-10)12(17)9-4-5-14-11(9)16/h9-10H,4-8H2,1-3H3,(H,14,16)/t9-,10+/m0/s1. The summed E-state index contributed by atoms with van der Waals surface area (Å²) in [5.41, 5.74) is 0.0108. The second-order valence-electron chi connectivity index (χ2n) is 6.14. The molecule has 2 aliphatic heterocycles. The fourth-order valence-corrected chi connectivity index (χ4v) is 2.42. The molecular weight excluding hydrogens is 232 g/mol. The van der Waals surface area contributed by atoms with Crippen molar-refractivity contribution in [3.63, 3.8) is 0 Å². The van der Waals surface area contributed by atoms with Crippen LogP contribution in [0.1, 0.15) is 27.2 Å². The van der Waals surface area contributed by atoms with Crippen LogP contribution in [0.2, 0.25) is 0 Å². The van der Waals surface area contributed by atoms with Crippen LogP contribution in [0.25, 0.3) is 0 Å². The maximum Gasteiger partial charge on any atom is 0.235 e. The molecule has 0 aromatic rings. The number of nitrogens with one attached hydrogen (secondary N) is 1. The van der Waals surface area contributed by atoms with Gasteiger partial charge in [-0.1, -0.05) is 20.8 Å². The predicted octanol–water partition coefficient (Wildman–Crippen LogP) is 0.396. The van der Waals surface area contributed by atoms with Crippen molar-refractivity contribution in [3.05, 3.63) is 0 Å². The lowest BCUT2D eigenvalue weighted by Gasteiger charge is -2.40. The van der Waals surface area contributed by atoms with Gasteiger partial charge in [0.05, 0.1) is 12.7 Å². The maximum atomic E-state index is 12.3. The molecule has 18 heavy (non-hydrogen) atoms. The minimum atomic E-state index is -0.483. The third-order valence-corrected chi connectivity index (χ3v) is 3.69. The van der Waals surface area contributed by atoms with E-state index in [0.717, 1.165) is 0 Å². The number of carbonyl (C=O) groups excluding carboxylic acids is 2. The van der Waals surface area contributed by atoms with E-state index >= 15 is 0 Å². The van der Waals surface area contributed by atoms with E-state index < -0.39 is 5.92 Å². The lowest BCUT2D eigenvalue weighted by molar-refractivity contribution is -0.150. The van der Waals surface area contributed by atoms with Crippen LogP contribution >= 0.6 is 0 Å². The largest absolute Gasteiger partial charge is 0.374 e. The Hall–Kier alpha value is -1.10. The van der Waals surface area contributed by atoms with Gasteiger partial charge in [0.25, 0.3) is 0 Å². The SMILES string of the molecule is CC(C)(C)[C@H]1CN(C(=O)[C@H]2CCNC2=O)CCO1. The molecule has 2 amide bonds. The Bertz CT molecular complexity index is 349. The summed E-state index contributed by atoms with van der Waals surface area (Å²) < 4.78 is 5.72. The molecule has 0 aliphatic carbocycles. The number of rotatable bonds is 1. The number of carbonyl (C=O) groups is 2. The fraction of sp³-hybridized carbons (Fsp3) is 0.846. The number of hydrogen-bond acceptors (Lipinski definition) is 3. The number of morpholine rings is 1. The highest BCUT2D eigenvalue weighted by Crippen LogP contribution is 2.26. The van der Waals surface area contributed by atoms with Crippen molar-refractivity contribution in [2.45, 2.75) is 33.3 Å². The number of nitrogens with zero attached hydrogens (tertiary/aromatic N) is 1. The molecule has 5 heteroatoms. The van der Waals surface area contributed by atoms with E-state index in [1.54, 1.807) is 4.90 Å². The Morgan fingerprint density at radius 3 is 2.72 bits per heavy atom. The van der Waals surface area contributed by atoms with Crippen molar-refractivity contribution in [3.8, 4) is 0 Å². The average molecular weight is 254 g/mol. The van der Waals surface area contributed by atoms with Gasteiger partial charge in [0.1, 0.15) is 5.92 Å². The summed E-state index contributed by atoms with van der Waals surface area (Å²) >= 11 is 0. The fourth-order valence-electron chi connectivity index (χ4n) is 2.42. The second-order valence-corrected chi connectivity index (χ2v) is 6.14. The van der Waals surface area contributed by atoms with Gasteiger partial charge in [0.2, 0.25) is 11.8 Å². The van der Waals surface area contributed by atoms with Crippen molar-refractivity contribution in [1.29, 1.82) is 0 Å². The summed E-state index contributed by atoms with van der Waals surface area (Å²) in [5, 5.41) is 2.71. The first-order valence-electron chi connectivity index (χ1n) is 6.57. The van der Waals surface area contributed by atoms with Gasteiger partial charge >= 0.3 is 0 Å². The lowest BCUT2D eigenvalue weighted by atomic mass is 9.87. The van der Waals surface area contributed by atoms with E-state index in [9.17, 15) is 9.59 Å². The van der Waals surface area contributed by atoms with Crippen LogP contribution in [0.3, 0.4) is 0 Å². The van der Waals surface area contributed by atoms with Crippen LogP contribution in [-0.2, 0) is 14.3 Å². The van der Waals surface area contributed by atoms with Crippen molar-refractivity contribution in [2.75, 3.05) is 26.2 Å². The van der Waals surface area contributed by atoms with E-state index in [1.165, 1.54) is 0 Å². The summed E-state index contributed by atoms with van der Waals surface area (Å²) in [7, 11) is 0. The van der Waals surface area contributed by atoms with Crippen LogP contribution in [0.4, 0.5) is 0 Å². The van der Waals surface area contributed by atoms with Gasteiger partial charge in [0, 0.05) is 19.6 Å². The average Bonchev–Trinajstić information content (AvgIpc) is 2.73. The van der Waals surface area contributed by atoms with Gasteiger partial charge < -0.3 is 15.0 Å². The third kappa shape index (κ3) is 2.66. The third-order valence-electron chi connectivity index (χ3n) is 3.69. The molecule has 2 heterocycles. The quantitative estimate of drug-likeness (QED) is 0.689. The number of ether oxygens (including phenoxy) is 1. The van der Waals surface area contributed by atoms with Crippen molar-refractivity contribution >= 4 is 11.8 Å². The maximum absolute atomic E-state index is 12.3. The number of hydrogen-bond donors (Lipinski definition) is 1. The zero-order chi connectivity index (χ0) is 13.3. The highest BCUT2D eigenvalue weighted by Gasteiger charge is 2.38. The minimum Gasteiger partial charge on any atom is -0.374 e. The van der Waals surface area contributed by atoms with E-state index in [0.29, 0.717) is 32.7 Å². The van der Waals surface area contributed by atoms with Gasteiger partial charge in [-0.3, -0.25) is 9.59 Å². The normalized spacial score (nSPS) is 29.3. The topological polar surface area (TPSA) is 58.6 Å². The van der Waals surface area contributed by atoms with E-state index in [1.807, 2.05) is 0 Å². The monoisotopic (exact) mass is 254 g/mol. The molecular formula is C13H22N2O3. The highest BCUT2D eigenvalue weighted by atomic mass is 16.5. The van der Waals surface area contributed by atoms with E-state index in [4.69, 9.17) is 4.74 Å². The first kappa shape index (κ1) is 13.3. The van der Waals surface area contributed by atoms with Crippen molar-refractivity contribution in [2.24, 2.45) is 11.3 Å². The molecule has 0 bridgehead atoms. The van der Waals surface area contributed by atoms with Crippen molar-refractivity contribution in [1.82, 2.24) is 10.2 Å². The second kappa shape index (κ2) is 4.88. The van der Waals surface area contributed by atoms with E-state index in [2.05, 4.69) is 26.1 Å². The van der Waals surface area contributed by atoms with Crippen molar-refractivity contribution < 1.29 is 14.3 Å². The molecule has 0 aromatic heterocycles. The van der Waals surface area contributed by atoms with Crippen LogP contribution < -0.4 is 5.32 Å². The molecule has 2 rings (SSSR count).